The van der Waals surface area contributed by atoms with E-state index in [1.165, 1.54) is 4.90 Å². The molecule has 1 fully saturated rings. The molecule has 2 aromatic rings. The molecule has 1 atom stereocenters. The average molecular weight is 415 g/mol. The number of ketones is 1. The highest BCUT2D eigenvalue weighted by Crippen LogP contribution is 2.38. The van der Waals surface area contributed by atoms with Crippen LogP contribution in [0.25, 0.3) is 5.76 Å². The number of carbonyl (C=O) groups is 2. The molecule has 0 unspecified atom stereocenters. The van der Waals surface area contributed by atoms with Crippen LogP contribution in [-0.2, 0) is 9.59 Å². The Labute approximate surface area is 175 Å². The maximum absolute atomic E-state index is 12.9. The lowest BCUT2D eigenvalue weighted by atomic mass is 9.96. The normalized spacial score (nSPS) is 18.6. The summed E-state index contributed by atoms with van der Waals surface area (Å²) in [4.78, 5) is 32.8. The van der Waals surface area contributed by atoms with Crippen LogP contribution in [-0.4, -0.2) is 52.9 Å². The first kappa shape index (κ1) is 21.0. The molecule has 1 aromatic heterocycles. The number of aliphatic hydroxyl groups is 1. The Bertz CT molecular complexity index is 909. The number of likely N-dealkylation sites (tertiary alicyclic amines) is 1. The maximum Gasteiger partial charge on any atom is 0.295 e. The molecule has 0 spiro atoms. The van der Waals surface area contributed by atoms with Crippen molar-refractivity contribution in [3.63, 3.8) is 0 Å². The fourth-order valence-corrected chi connectivity index (χ4v) is 3.77. The lowest BCUT2D eigenvalue weighted by molar-refractivity contribution is -0.895. The van der Waals surface area contributed by atoms with Crippen LogP contribution in [0.4, 0.5) is 0 Å². The highest BCUT2D eigenvalue weighted by molar-refractivity contribution is 6.46. The SMILES string of the molecule is CC[NH+](CC)CCN1C(=O)C(=O)C(=C(O)c2ccc(Cl)cc2)[C@H]1c1cccnc1. The number of rotatable bonds is 7. The Morgan fingerprint density at radius 2 is 1.86 bits per heavy atom. The number of halogens is 1. The molecule has 1 aliphatic heterocycles. The van der Waals surface area contributed by atoms with Gasteiger partial charge in [0.05, 0.1) is 37.8 Å². The number of pyridine rings is 1. The van der Waals surface area contributed by atoms with E-state index in [-0.39, 0.29) is 11.3 Å². The summed E-state index contributed by atoms with van der Waals surface area (Å²) in [5, 5.41) is 11.5. The van der Waals surface area contributed by atoms with Gasteiger partial charge in [0.1, 0.15) is 5.76 Å². The molecule has 152 valence electrons. The summed E-state index contributed by atoms with van der Waals surface area (Å²) in [6.45, 7) is 7.18. The molecule has 6 nitrogen and oxygen atoms in total. The minimum Gasteiger partial charge on any atom is -0.507 e. The molecular weight excluding hydrogens is 390 g/mol. The quantitative estimate of drug-likeness (QED) is 0.413. The summed E-state index contributed by atoms with van der Waals surface area (Å²) in [6.07, 6.45) is 3.26. The van der Waals surface area contributed by atoms with Gasteiger partial charge in [-0.25, -0.2) is 0 Å². The molecule has 2 N–H and O–H groups in total. The van der Waals surface area contributed by atoms with Crippen LogP contribution >= 0.6 is 11.6 Å². The van der Waals surface area contributed by atoms with Gasteiger partial charge < -0.3 is 14.9 Å². The molecule has 1 saturated heterocycles. The third kappa shape index (κ3) is 4.33. The molecule has 1 amide bonds. The van der Waals surface area contributed by atoms with E-state index in [2.05, 4.69) is 18.8 Å². The maximum atomic E-state index is 12.9. The first-order valence-corrected chi connectivity index (χ1v) is 10.1. The topological polar surface area (TPSA) is 74.9 Å². The highest BCUT2D eigenvalue weighted by Gasteiger charge is 2.46. The number of hydrogen-bond donors (Lipinski definition) is 2. The largest absolute Gasteiger partial charge is 0.507 e. The predicted octanol–water partition coefficient (Wildman–Crippen LogP) is 2.08. The zero-order valence-corrected chi connectivity index (χ0v) is 17.3. The van der Waals surface area contributed by atoms with Crippen LogP contribution in [0.1, 0.15) is 31.0 Å². The first-order valence-electron chi connectivity index (χ1n) is 9.75. The van der Waals surface area contributed by atoms with Crippen molar-refractivity contribution in [1.82, 2.24) is 9.88 Å². The number of amides is 1. The van der Waals surface area contributed by atoms with E-state index in [1.54, 1.807) is 47.6 Å². The summed E-state index contributed by atoms with van der Waals surface area (Å²) in [5.41, 5.74) is 1.22. The van der Waals surface area contributed by atoms with Crippen molar-refractivity contribution in [2.75, 3.05) is 26.2 Å². The number of likely N-dealkylation sites (N-methyl/N-ethyl adjacent to an activating group) is 1. The van der Waals surface area contributed by atoms with Gasteiger partial charge in [0.25, 0.3) is 11.7 Å². The van der Waals surface area contributed by atoms with Gasteiger partial charge >= 0.3 is 0 Å². The number of Topliss-reactive ketones (excluding diaryl/α,β-unsaturated/α-hetero) is 1. The molecule has 3 rings (SSSR count). The van der Waals surface area contributed by atoms with E-state index < -0.39 is 17.7 Å². The molecule has 1 aromatic carbocycles. The number of aromatic nitrogens is 1. The lowest BCUT2D eigenvalue weighted by Crippen LogP contribution is -3.12. The molecule has 0 bridgehead atoms. The van der Waals surface area contributed by atoms with Crippen LogP contribution in [0.3, 0.4) is 0 Å². The van der Waals surface area contributed by atoms with E-state index in [9.17, 15) is 14.7 Å². The Hall–Kier alpha value is -2.70. The van der Waals surface area contributed by atoms with Crippen molar-refractivity contribution in [3.05, 3.63) is 70.5 Å². The minimum absolute atomic E-state index is 0.0832. The van der Waals surface area contributed by atoms with Gasteiger partial charge in [-0.1, -0.05) is 17.7 Å². The fraction of sp³-hybridized carbons (Fsp3) is 0.318. The van der Waals surface area contributed by atoms with Gasteiger partial charge in [-0.15, -0.1) is 0 Å². The Morgan fingerprint density at radius 3 is 2.45 bits per heavy atom. The van der Waals surface area contributed by atoms with Crippen molar-refractivity contribution in [2.24, 2.45) is 0 Å². The minimum atomic E-state index is -0.680. The number of hydrogen-bond acceptors (Lipinski definition) is 4. The molecule has 29 heavy (non-hydrogen) atoms. The van der Waals surface area contributed by atoms with Crippen LogP contribution in [0.2, 0.25) is 5.02 Å². The van der Waals surface area contributed by atoms with Crippen molar-refractivity contribution in [3.8, 4) is 0 Å². The van der Waals surface area contributed by atoms with E-state index in [1.807, 2.05) is 6.07 Å². The third-order valence-electron chi connectivity index (χ3n) is 5.36. The summed E-state index contributed by atoms with van der Waals surface area (Å²) in [7, 11) is 0. The number of nitrogens with zero attached hydrogens (tertiary/aromatic N) is 2. The third-order valence-corrected chi connectivity index (χ3v) is 5.62. The van der Waals surface area contributed by atoms with E-state index in [0.717, 1.165) is 19.6 Å². The Kier molecular flexibility index (Phi) is 6.67. The number of benzene rings is 1. The van der Waals surface area contributed by atoms with E-state index in [4.69, 9.17) is 11.6 Å². The highest BCUT2D eigenvalue weighted by atomic mass is 35.5. The fourth-order valence-electron chi connectivity index (χ4n) is 3.64. The zero-order chi connectivity index (χ0) is 21.0. The van der Waals surface area contributed by atoms with E-state index >= 15 is 0 Å². The smallest absolute Gasteiger partial charge is 0.295 e. The molecule has 0 saturated carbocycles. The standard InChI is InChI=1S/C22H24ClN3O3/c1-3-25(4-2)12-13-26-19(16-6-5-11-24-14-16)18(21(28)22(26)29)20(27)15-7-9-17(23)10-8-15/h5-11,14,19,27H,3-4,12-13H2,1-2H3/p+1/t19-/m1/s1. The molecule has 7 heteroatoms. The van der Waals surface area contributed by atoms with Gasteiger partial charge in [0, 0.05) is 23.0 Å². The number of carbonyl (C=O) groups excluding carboxylic acids is 2. The van der Waals surface area contributed by atoms with Crippen LogP contribution in [0, 0.1) is 0 Å². The lowest BCUT2D eigenvalue weighted by Gasteiger charge is -2.26. The monoisotopic (exact) mass is 414 g/mol. The average Bonchev–Trinajstić information content (AvgIpc) is 3.00. The van der Waals surface area contributed by atoms with Crippen LogP contribution < -0.4 is 4.90 Å². The van der Waals surface area contributed by atoms with Crippen molar-refractivity contribution < 1.29 is 19.6 Å². The summed E-state index contributed by atoms with van der Waals surface area (Å²) in [5.74, 6) is -1.48. The second-order valence-corrected chi connectivity index (χ2v) is 7.43. The van der Waals surface area contributed by atoms with Crippen LogP contribution in [0.15, 0.2) is 54.4 Å². The molecule has 0 radical (unpaired) electrons. The molecular formula is C22H25ClN3O3+. The van der Waals surface area contributed by atoms with Crippen molar-refractivity contribution in [1.29, 1.82) is 0 Å². The molecule has 0 aliphatic carbocycles. The second kappa shape index (κ2) is 9.20. The zero-order valence-electron chi connectivity index (χ0n) is 16.6. The van der Waals surface area contributed by atoms with Crippen molar-refractivity contribution in [2.45, 2.75) is 19.9 Å². The van der Waals surface area contributed by atoms with Crippen molar-refractivity contribution >= 4 is 29.1 Å². The summed E-state index contributed by atoms with van der Waals surface area (Å²) >= 11 is 5.94. The van der Waals surface area contributed by atoms with Gasteiger partial charge in [-0.05, 0) is 49.7 Å². The van der Waals surface area contributed by atoms with Gasteiger partial charge in [0.15, 0.2) is 0 Å². The molecule has 2 heterocycles. The number of nitrogens with one attached hydrogen (secondary N) is 1. The predicted molar refractivity (Wildman–Crippen MR) is 112 cm³/mol. The van der Waals surface area contributed by atoms with Crippen LogP contribution in [0.5, 0.6) is 0 Å². The Balaban J connectivity index is 2.06. The van der Waals surface area contributed by atoms with Gasteiger partial charge in [0.2, 0.25) is 0 Å². The molecule has 1 aliphatic rings. The first-order chi connectivity index (χ1) is 14.0. The van der Waals surface area contributed by atoms with E-state index in [0.29, 0.717) is 22.7 Å². The second-order valence-electron chi connectivity index (χ2n) is 6.99. The summed E-state index contributed by atoms with van der Waals surface area (Å²) < 4.78 is 0. The van der Waals surface area contributed by atoms with Gasteiger partial charge in [-0.3, -0.25) is 14.6 Å². The number of aliphatic hydroxyl groups excluding tert-OH is 1. The Morgan fingerprint density at radius 1 is 1.17 bits per heavy atom. The van der Waals surface area contributed by atoms with Gasteiger partial charge in [-0.2, -0.15) is 0 Å². The number of quaternary nitrogens is 1. The summed E-state index contributed by atoms with van der Waals surface area (Å²) in [6, 6.07) is 9.43.